The summed E-state index contributed by atoms with van der Waals surface area (Å²) in [4.78, 5) is 31.1. The molecule has 3 atom stereocenters. The fraction of sp³-hybridized carbons (Fsp3) is 0.435. The average molecular weight is 380 g/mol. The summed E-state index contributed by atoms with van der Waals surface area (Å²) in [6, 6.07) is 13.9. The van der Waals surface area contributed by atoms with E-state index in [1.54, 1.807) is 24.5 Å². The Labute approximate surface area is 166 Å². The van der Waals surface area contributed by atoms with Crippen molar-refractivity contribution in [3.05, 3.63) is 66.0 Å². The van der Waals surface area contributed by atoms with Crippen LogP contribution in [0.2, 0.25) is 0 Å². The zero-order valence-electron chi connectivity index (χ0n) is 16.6. The van der Waals surface area contributed by atoms with Crippen LogP contribution in [-0.2, 0) is 16.0 Å². The predicted octanol–water partition coefficient (Wildman–Crippen LogP) is 3.74. The lowest BCUT2D eigenvalue weighted by atomic mass is 10.0. The summed E-state index contributed by atoms with van der Waals surface area (Å²) in [5.74, 6) is -0.0642. The minimum absolute atomic E-state index is 0.0248. The van der Waals surface area contributed by atoms with E-state index >= 15 is 0 Å². The van der Waals surface area contributed by atoms with Gasteiger partial charge in [0.25, 0.3) is 5.91 Å². The molecule has 0 spiro atoms. The summed E-state index contributed by atoms with van der Waals surface area (Å²) in [6.45, 7) is 4.87. The Bertz CT molecular complexity index is 779. The quantitative estimate of drug-likeness (QED) is 0.622. The maximum atomic E-state index is 13.1. The van der Waals surface area contributed by atoms with Gasteiger partial charge in [0, 0.05) is 25.0 Å². The number of pyridine rings is 1. The first-order valence-electron chi connectivity index (χ1n) is 10.0. The van der Waals surface area contributed by atoms with Crippen molar-refractivity contribution in [3.63, 3.8) is 0 Å². The Morgan fingerprint density at radius 2 is 2.00 bits per heavy atom. The van der Waals surface area contributed by atoms with E-state index in [9.17, 15) is 9.59 Å². The number of rotatable bonds is 9. The third-order valence-corrected chi connectivity index (χ3v) is 5.34. The Morgan fingerprint density at radius 3 is 2.68 bits per heavy atom. The topological polar surface area (TPSA) is 59.5 Å². The zero-order valence-corrected chi connectivity index (χ0v) is 16.6. The molecular formula is C23H28N2O3. The maximum Gasteiger partial charge on any atom is 0.309 e. The number of benzene rings is 1. The van der Waals surface area contributed by atoms with Crippen LogP contribution in [0, 0.1) is 11.8 Å². The third kappa shape index (κ3) is 5.18. The SMILES string of the molecule is CCOC(=O)C1CC1CN(C(=O)c1cccnc1)C(C)CCc1ccccc1. The van der Waals surface area contributed by atoms with Crippen molar-refractivity contribution in [2.75, 3.05) is 13.2 Å². The molecule has 3 unspecified atom stereocenters. The van der Waals surface area contributed by atoms with Crippen molar-refractivity contribution < 1.29 is 14.3 Å². The number of hydrogen-bond donors (Lipinski definition) is 0. The van der Waals surface area contributed by atoms with Gasteiger partial charge in [0.2, 0.25) is 0 Å². The molecule has 0 N–H and O–H groups in total. The molecule has 1 aromatic carbocycles. The number of aryl methyl sites for hydroxylation is 1. The molecule has 0 radical (unpaired) electrons. The van der Waals surface area contributed by atoms with E-state index in [4.69, 9.17) is 4.74 Å². The molecule has 5 heteroatoms. The van der Waals surface area contributed by atoms with Crippen LogP contribution in [0.25, 0.3) is 0 Å². The zero-order chi connectivity index (χ0) is 19.9. The lowest BCUT2D eigenvalue weighted by Crippen LogP contribution is -2.40. The second kappa shape index (κ2) is 9.49. The monoisotopic (exact) mass is 380 g/mol. The highest BCUT2D eigenvalue weighted by molar-refractivity contribution is 5.94. The lowest BCUT2D eigenvalue weighted by Gasteiger charge is -2.30. The van der Waals surface area contributed by atoms with Crippen molar-refractivity contribution in [1.82, 2.24) is 9.88 Å². The van der Waals surface area contributed by atoms with Gasteiger partial charge in [-0.25, -0.2) is 0 Å². The number of carbonyl (C=O) groups is 2. The van der Waals surface area contributed by atoms with Gasteiger partial charge in [0.05, 0.1) is 18.1 Å². The smallest absolute Gasteiger partial charge is 0.309 e. The summed E-state index contributed by atoms with van der Waals surface area (Å²) in [6.07, 6.45) is 5.84. The van der Waals surface area contributed by atoms with E-state index in [0.29, 0.717) is 18.7 Å². The normalized spacial score (nSPS) is 18.9. The number of esters is 1. The van der Waals surface area contributed by atoms with E-state index in [1.807, 2.05) is 30.0 Å². The van der Waals surface area contributed by atoms with Crippen molar-refractivity contribution in [2.24, 2.45) is 11.8 Å². The van der Waals surface area contributed by atoms with Crippen molar-refractivity contribution in [3.8, 4) is 0 Å². The minimum Gasteiger partial charge on any atom is -0.466 e. The van der Waals surface area contributed by atoms with Crippen LogP contribution in [0.4, 0.5) is 0 Å². The van der Waals surface area contributed by atoms with Crippen LogP contribution in [0.15, 0.2) is 54.9 Å². The minimum atomic E-state index is -0.141. The van der Waals surface area contributed by atoms with Crippen LogP contribution in [0.3, 0.4) is 0 Å². The van der Waals surface area contributed by atoms with Gasteiger partial charge in [-0.2, -0.15) is 0 Å². The fourth-order valence-corrected chi connectivity index (χ4v) is 3.53. The number of amides is 1. The standard InChI is InChI=1S/C23H28N2O3/c1-3-28-23(27)21-14-20(21)16-25(22(26)19-10-7-13-24-15-19)17(2)11-12-18-8-5-4-6-9-18/h4-10,13,15,17,20-21H,3,11-12,14,16H2,1-2H3. The molecule has 1 saturated carbocycles. The van der Waals surface area contributed by atoms with E-state index in [0.717, 1.165) is 19.3 Å². The molecule has 1 heterocycles. The van der Waals surface area contributed by atoms with Crippen LogP contribution in [0.5, 0.6) is 0 Å². The number of aromatic nitrogens is 1. The molecule has 1 amide bonds. The van der Waals surface area contributed by atoms with Crippen LogP contribution < -0.4 is 0 Å². The molecule has 0 saturated heterocycles. The fourth-order valence-electron chi connectivity index (χ4n) is 3.53. The van der Waals surface area contributed by atoms with Crippen LogP contribution >= 0.6 is 0 Å². The van der Waals surface area contributed by atoms with Gasteiger partial charge in [-0.3, -0.25) is 14.6 Å². The van der Waals surface area contributed by atoms with Gasteiger partial charge >= 0.3 is 5.97 Å². The number of carbonyl (C=O) groups excluding carboxylic acids is 2. The first kappa shape index (κ1) is 20.1. The summed E-state index contributed by atoms with van der Waals surface area (Å²) in [7, 11) is 0. The van der Waals surface area contributed by atoms with Crippen LogP contribution in [-0.4, -0.2) is 41.0 Å². The lowest BCUT2D eigenvalue weighted by molar-refractivity contribution is -0.145. The molecule has 28 heavy (non-hydrogen) atoms. The van der Waals surface area contributed by atoms with Gasteiger partial charge < -0.3 is 9.64 Å². The second-order valence-corrected chi connectivity index (χ2v) is 7.43. The van der Waals surface area contributed by atoms with E-state index < -0.39 is 0 Å². The summed E-state index contributed by atoms with van der Waals surface area (Å²) >= 11 is 0. The van der Waals surface area contributed by atoms with E-state index in [1.165, 1.54) is 5.56 Å². The molecule has 1 aliphatic carbocycles. The molecule has 1 aliphatic rings. The number of nitrogens with zero attached hydrogens (tertiary/aromatic N) is 2. The Kier molecular flexibility index (Phi) is 6.80. The Hall–Kier alpha value is -2.69. The molecule has 1 fully saturated rings. The number of ether oxygens (including phenoxy) is 1. The first-order chi connectivity index (χ1) is 13.6. The Balaban J connectivity index is 1.67. The van der Waals surface area contributed by atoms with Gasteiger partial charge in [-0.1, -0.05) is 30.3 Å². The first-order valence-corrected chi connectivity index (χ1v) is 10.0. The van der Waals surface area contributed by atoms with Gasteiger partial charge in [0.1, 0.15) is 0 Å². The van der Waals surface area contributed by atoms with Gasteiger partial charge in [0.15, 0.2) is 0 Å². The summed E-state index contributed by atoms with van der Waals surface area (Å²) in [5.41, 5.74) is 1.85. The summed E-state index contributed by atoms with van der Waals surface area (Å²) < 4.78 is 5.14. The third-order valence-electron chi connectivity index (χ3n) is 5.34. The molecular weight excluding hydrogens is 352 g/mol. The van der Waals surface area contributed by atoms with Crippen molar-refractivity contribution in [1.29, 1.82) is 0 Å². The Morgan fingerprint density at radius 1 is 1.21 bits per heavy atom. The average Bonchev–Trinajstić information content (AvgIpc) is 3.51. The van der Waals surface area contributed by atoms with Gasteiger partial charge in [-0.15, -0.1) is 0 Å². The van der Waals surface area contributed by atoms with Crippen LogP contribution in [0.1, 0.15) is 42.6 Å². The predicted molar refractivity (Wildman–Crippen MR) is 108 cm³/mol. The van der Waals surface area contributed by atoms with E-state index in [-0.39, 0.29) is 29.8 Å². The summed E-state index contributed by atoms with van der Waals surface area (Å²) in [5, 5.41) is 0. The molecule has 148 valence electrons. The maximum absolute atomic E-state index is 13.1. The van der Waals surface area contributed by atoms with Crippen molar-refractivity contribution >= 4 is 11.9 Å². The highest BCUT2D eigenvalue weighted by Crippen LogP contribution is 2.40. The molecule has 1 aromatic heterocycles. The number of hydrogen-bond acceptors (Lipinski definition) is 4. The van der Waals surface area contributed by atoms with E-state index in [2.05, 4.69) is 24.0 Å². The molecule has 0 aliphatic heterocycles. The highest BCUT2D eigenvalue weighted by atomic mass is 16.5. The molecule has 0 bridgehead atoms. The molecule has 5 nitrogen and oxygen atoms in total. The highest BCUT2D eigenvalue weighted by Gasteiger charge is 2.46. The van der Waals surface area contributed by atoms with Crippen molar-refractivity contribution in [2.45, 2.75) is 39.2 Å². The second-order valence-electron chi connectivity index (χ2n) is 7.43. The molecule has 2 aromatic rings. The molecule has 3 rings (SSSR count). The largest absolute Gasteiger partial charge is 0.466 e. The van der Waals surface area contributed by atoms with Gasteiger partial charge in [-0.05, 0) is 56.7 Å².